The molecule has 1 aliphatic rings. The van der Waals surface area contributed by atoms with Gasteiger partial charge in [-0.15, -0.1) is 0 Å². The van der Waals surface area contributed by atoms with Crippen LogP contribution in [0.2, 0.25) is 5.02 Å². The minimum atomic E-state index is -3.54. The van der Waals surface area contributed by atoms with Gasteiger partial charge < -0.3 is 16.0 Å². The Balaban J connectivity index is 1.15. The number of nitrogens with one attached hydrogen (secondary N) is 3. The first kappa shape index (κ1) is 34.9. The van der Waals surface area contributed by atoms with Crippen molar-refractivity contribution in [2.45, 2.75) is 68.3 Å². The van der Waals surface area contributed by atoms with Crippen LogP contribution in [0.3, 0.4) is 0 Å². The van der Waals surface area contributed by atoms with Crippen LogP contribution in [0, 0.1) is 0 Å². The molecule has 5 aromatic rings. The fourth-order valence-electron chi connectivity index (χ4n) is 6.12. The molecule has 0 radical (unpaired) electrons. The third-order valence-corrected chi connectivity index (χ3v) is 11.4. The van der Waals surface area contributed by atoms with Crippen molar-refractivity contribution in [1.82, 2.24) is 25.1 Å². The van der Waals surface area contributed by atoms with Gasteiger partial charge in [-0.3, -0.25) is 9.58 Å². The third-order valence-electron chi connectivity index (χ3n) is 8.90. The maximum absolute atomic E-state index is 13.8. The minimum Gasteiger partial charge on any atom is -0.351 e. The zero-order valence-corrected chi connectivity index (χ0v) is 29.8. The second-order valence-electron chi connectivity index (χ2n) is 12.7. The SMILES string of the molecule is CC(C)S(=O)(=O)c1ccccc1Nc1nc(NC2CCC(N(C(=O)NCc3ccccc3)c3ccc(-c4cnn(C)c4)cc3)CC2)ncc1Cl. The largest absolute Gasteiger partial charge is 0.351 e. The molecular formula is C37H41ClN8O3S. The Kier molecular flexibility index (Phi) is 10.7. The molecule has 0 spiro atoms. The summed E-state index contributed by atoms with van der Waals surface area (Å²) in [5, 5.41) is 13.6. The molecule has 2 heterocycles. The lowest BCUT2D eigenvalue weighted by Crippen LogP contribution is -2.48. The Morgan fingerprint density at radius 1 is 0.940 bits per heavy atom. The fourth-order valence-corrected chi connectivity index (χ4v) is 7.46. The normalized spacial score (nSPS) is 16.2. The molecule has 260 valence electrons. The van der Waals surface area contributed by atoms with Crippen molar-refractivity contribution in [2.75, 3.05) is 15.5 Å². The Morgan fingerprint density at radius 2 is 1.64 bits per heavy atom. The predicted octanol–water partition coefficient (Wildman–Crippen LogP) is 7.60. The zero-order valence-electron chi connectivity index (χ0n) is 28.3. The Hall–Kier alpha value is -4.94. The first-order valence-electron chi connectivity index (χ1n) is 16.7. The summed E-state index contributed by atoms with van der Waals surface area (Å²) in [6.07, 6.45) is 8.38. The van der Waals surface area contributed by atoms with Gasteiger partial charge >= 0.3 is 6.03 Å². The molecule has 0 bridgehead atoms. The van der Waals surface area contributed by atoms with Crippen molar-refractivity contribution in [3.05, 3.63) is 108 Å². The van der Waals surface area contributed by atoms with Gasteiger partial charge in [-0.05, 0) is 74.9 Å². The van der Waals surface area contributed by atoms with Gasteiger partial charge in [0, 0.05) is 43.1 Å². The van der Waals surface area contributed by atoms with Gasteiger partial charge in [-0.1, -0.05) is 66.2 Å². The zero-order chi connectivity index (χ0) is 35.3. The number of amides is 2. The van der Waals surface area contributed by atoms with Crippen LogP contribution in [0.5, 0.6) is 0 Å². The number of nitrogens with zero attached hydrogens (tertiary/aromatic N) is 5. The maximum atomic E-state index is 13.8. The van der Waals surface area contributed by atoms with Crippen molar-refractivity contribution in [3.63, 3.8) is 0 Å². The van der Waals surface area contributed by atoms with Crippen LogP contribution in [0.1, 0.15) is 45.1 Å². The molecule has 11 nitrogen and oxygen atoms in total. The van der Waals surface area contributed by atoms with Gasteiger partial charge in [0.05, 0.1) is 28.2 Å². The number of halogens is 1. The molecule has 13 heteroatoms. The average molecular weight is 713 g/mol. The fraction of sp³-hybridized carbons (Fsp3) is 0.297. The van der Waals surface area contributed by atoms with E-state index < -0.39 is 15.1 Å². The van der Waals surface area contributed by atoms with Crippen LogP contribution in [0.15, 0.2) is 102 Å². The van der Waals surface area contributed by atoms with Crippen molar-refractivity contribution >= 4 is 50.6 Å². The lowest BCUT2D eigenvalue weighted by Gasteiger charge is -2.37. The number of para-hydroxylation sites is 1. The number of aryl methyl sites for hydroxylation is 1. The number of urea groups is 1. The molecular weight excluding hydrogens is 672 g/mol. The topological polar surface area (TPSA) is 134 Å². The van der Waals surface area contributed by atoms with E-state index in [-0.39, 0.29) is 28.0 Å². The minimum absolute atomic E-state index is 0.0177. The predicted molar refractivity (Wildman–Crippen MR) is 199 cm³/mol. The molecule has 0 unspecified atom stereocenters. The molecule has 50 heavy (non-hydrogen) atoms. The Bertz CT molecular complexity index is 2030. The summed E-state index contributed by atoms with van der Waals surface area (Å²) in [5.41, 5.74) is 4.30. The number of sulfone groups is 1. The summed E-state index contributed by atoms with van der Waals surface area (Å²) in [6.45, 7) is 3.73. The van der Waals surface area contributed by atoms with E-state index in [0.717, 1.165) is 48.1 Å². The van der Waals surface area contributed by atoms with Gasteiger partial charge in [-0.2, -0.15) is 10.1 Å². The second kappa shape index (κ2) is 15.3. The highest BCUT2D eigenvalue weighted by Crippen LogP contribution is 2.33. The number of anilines is 4. The van der Waals surface area contributed by atoms with Gasteiger partial charge in [0.25, 0.3) is 0 Å². The molecule has 3 N–H and O–H groups in total. The molecule has 0 atom stereocenters. The van der Waals surface area contributed by atoms with Crippen molar-refractivity contribution in [2.24, 2.45) is 7.05 Å². The quantitative estimate of drug-likeness (QED) is 0.128. The highest BCUT2D eigenvalue weighted by atomic mass is 35.5. The van der Waals surface area contributed by atoms with Crippen LogP contribution in [0.25, 0.3) is 11.1 Å². The monoisotopic (exact) mass is 712 g/mol. The number of benzene rings is 3. The Labute approximate surface area is 298 Å². The first-order chi connectivity index (χ1) is 24.1. The van der Waals surface area contributed by atoms with Crippen LogP contribution in [-0.2, 0) is 23.4 Å². The van der Waals surface area contributed by atoms with E-state index in [4.69, 9.17) is 11.6 Å². The first-order valence-corrected chi connectivity index (χ1v) is 18.6. The van der Waals surface area contributed by atoms with E-state index in [1.165, 1.54) is 6.20 Å². The summed E-state index contributed by atoms with van der Waals surface area (Å²) < 4.78 is 27.8. The smallest absolute Gasteiger partial charge is 0.322 e. The van der Waals surface area contributed by atoms with Gasteiger partial charge in [-0.25, -0.2) is 18.2 Å². The molecule has 2 amide bonds. The van der Waals surface area contributed by atoms with E-state index in [9.17, 15) is 13.2 Å². The number of hydrogen-bond acceptors (Lipinski definition) is 8. The third kappa shape index (κ3) is 8.09. The lowest BCUT2D eigenvalue weighted by atomic mass is 9.90. The molecule has 6 rings (SSSR count). The summed E-state index contributed by atoms with van der Waals surface area (Å²) in [6, 6.07) is 24.5. The molecule has 3 aromatic carbocycles. The number of aromatic nitrogens is 4. The van der Waals surface area contributed by atoms with Crippen LogP contribution >= 0.6 is 11.6 Å². The van der Waals surface area contributed by atoms with Crippen molar-refractivity contribution in [3.8, 4) is 11.1 Å². The lowest BCUT2D eigenvalue weighted by molar-refractivity contribution is 0.240. The highest BCUT2D eigenvalue weighted by Gasteiger charge is 2.31. The summed E-state index contributed by atoms with van der Waals surface area (Å²) in [4.78, 5) is 24.9. The highest BCUT2D eigenvalue weighted by molar-refractivity contribution is 7.92. The number of rotatable bonds is 11. The molecule has 0 saturated heterocycles. The van der Waals surface area contributed by atoms with Crippen LogP contribution in [-0.4, -0.2) is 51.5 Å². The van der Waals surface area contributed by atoms with E-state index in [1.54, 1.807) is 42.8 Å². The number of carbonyl (C=O) groups excluding carboxylic acids is 1. The maximum Gasteiger partial charge on any atom is 0.322 e. The van der Waals surface area contributed by atoms with Gasteiger partial charge in [0.1, 0.15) is 5.02 Å². The summed E-state index contributed by atoms with van der Waals surface area (Å²) >= 11 is 6.46. The summed E-state index contributed by atoms with van der Waals surface area (Å²) in [5.74, 6) is 0.688. The summed E-state index contributed by atoms with van der Waals surface area (Å²) in [7, 11) is -1.66. The second-order valence-corrected chi connectivity index (χ2v) is 15.6. The van der Waals surface area contributed by atoms with E-state index in [1.807, 2.05) is 78.9 Å². The average Bonchev–Trinajstić information content (AvgIpc) is 3.56. The molecule has 1 fully saturated rings. The van der Waals surface area contributed by atoms with E-state index in [0.29, 0.717) is 24.0 Å². The van der Waals surface area contributed by atoms with Crippen molar-refractivity contribution < 1.29 is 13.2 Å². The Morgan fingerprint density at radius 3 is 2.32 bits per heavy atom. The van der Waals surface area contributed by atoms with Crippen molar-refractivity contribution in [1.29, 1.82) is 0 Å². The number of hydrogen-bond donors (Lipinski definition) is 3. The van der Waals surface area contributed by atoms with E-state index >= 15 is 0 Å². The molecule has 0 aliphatic heterocycles. The van der Waals surface area contributed by atoms with Gasteiger partial charge in [0.15, 0.2) is 15.7 Å². The molecule has 1 saturated carbocycles. The van der Waals surface area contributed by atoms with Crippen LogP contribution < -0.4 is 20.9 Å². The van der Waals surface area contributed by atoms with Crippen LogP contribution in [0.4, 0.5) is 27.9 Å². The number of carbonyl (C=O) groups is 1. The van der Waals surface area contributed by atoms with Gasteiger partial charge in [0.2, 0.25) is 5.95 Å². The van der Waals surface area contributed by atoms with E-state index in [2.05, 4.69) is 31.0 Å². The standard InChI is InChI=1S/C37H41ClN8O3S/c1-25(2)50(48,49)34-12-8-7-11-33(34)43-35-32(38)23-39-36(44-35)42-29-15-19-31(20-16-29)46(37(47)40-21-26-9-5-4-6-10-26)30-17-13-27(14-18-30)28-22-41-45(3)24-28/h4-14,17-18,22-25,29,31H,15-16,19-21H2,1-3H3,(H,40,47)(H2,39,42,43,44). The molecule has 2 aromatic heterocycles. The molecule has 1 aliphatic carbocycles.